The van der Waals surface area contributed by atoms with Gasteiger partial charge >= 0.3 is 0 Å². The zero-order chi connectivity index (χ0) is 16.1. The van der Waals surface area contributed by atoms with Crippen LogP contribution in [0.15, 0.2) is 24.3 Å². The molecule has 1 aromatic carbocycles. The van der Waals surface area contributed by atoms with Crippen LogP contribution in [0.25, 0.3) is 0 Å². The Hall–Kier alpha value is -0.970. The summed E-state index contributed by atoms with van der Waals surface area (Å²) in [4.78, 5) is 14.9. The van der Waals surface area contributed by atoms with Crippen molar-refractivity contribution in [1.82, 2.24) is 0 Å². The first kappa shape index (κ1) is 22.1. The minimum absolute atomic E-state index is 0. The van der Waals surface area contributed by atoms with Crippen molar-refractivity contribution >= 4 is 42.1 Å². The van der Waals surface area contributed by atoms with Gasteiger partial charge in [0, 0.05) is 30.9 Å². The second-order valence-corrected chi connectivity index (χ2v) is 7.23. The summed E-state index contributed by atoms with van der Waals surface area (Å²) in [5, 5.41) is 3.09. The van der Waals surface area contributed by atoms with Crippen molar-refractivity contribution < 1.29 is 4.79 Å². The van der Waals surface area contributed by atoms with Gasteiger partial charge in [-0.2, -0.15) is 0 Å². The first-order valence-electron chi connectivity index (χ1n) is 9.06. The summed E-state index contributed by atoms with van der Waals surface area (Å²) >= 11 is 0. The van der Waals surface area contributed by atoms with E-state index >= 15 is 0 Å². The number of nitrogens with zero attached hydrogens (tertiary/aromatic N) is 1. The van der Waals surface area contributed by atoms with E-state index in [1.54, 1.807) is 0 Å². The molecule has 142 valence electrons. The SMILES string of the molecule is Cl.Cl.NCC1(CC(=O)Nc2cccc(N3CCCC3)c2)CCCCC1. The van der Waals surface area contributed by atoms with E-state index in [1.165, 1.54) is 37.8 Å². The molecule has 0 bridgehead atoms. The van der Waals surface area contributed by atoms with Crippen molar-refractivity contribution in [1.29, 1.82) is 0 Å². The highest BCUT2D eigenvalue weighted by molar-refractivity contribution is 5.91. The third kappa shape index (κ3) is 5.77. The highest BCUT2D eigenvalue weighted by Gasteiger charge is 2.32. The molecule has 4 nitrogen and oxygen atoms in total. The molecule has 1 saturated heterocycles. The first-order chi connectivity index (χ1) is 11.2. The molecule has 2 aliphatic rings. The van der Waals surface area contributed by atoms with Gasteiger partial charge in [0.15, 0.2) is 0 Å². The number of hydrogen-bond acceptors (Lipinski definition) is 3. The predicted molar refractivity (Wildman–Crippen MR) is 110 cm³/mol. The minimum Gasteiger partial charge on any atom is -0.371 e. The summed E-state index contributed by atoms with van der Waals surface area (Å²) in [5.41, 5.74) is 8.14. The number of anilines is 2. The molecule has 1 heterocycles. The second-order valence-electron chi connectivity index (χ2n) is 7.23. The van der Waals surface area contributed by atoms with Gasteiger partial charge in [0.2, 0.25) is 5.91 Å². The van der Waals surface area contributed by atoms with Gasteiger partial charge in [0.05, 0.1) is 0 Å². The van der Waals surface area contributed by atoms with Crippen LogP contribution in [-0.4, -0.2) is 25.5 Å². The molecule has 0 spiro atoms. The monoisotopic (exact) mass is 387 g/mol. The summed E-state index contributed by atoms with van der Waals surface area (Å²) in [6.07, 6.45) is 8.93. The van der Waals surface area contributed by atoms with E-state index in [4.69, 9.17) is 5.73 Å². The van der Waals surface area contributed by atoms with Gasteiger partial charge < -0.3 is 16.0 Å². The third-order valence-corrected chi connectivity index (χ3v) is 5.48. The number of benzene rings is 1. The van der Waals surface area contributed by atoms with Crippen LogP contribution >= 0.6 is 24.8 Å². The van der Waals surface area contributed by atoms with Crippen molar-refractivity contribution in [3.8, 4) is 0 Å². The van der Waals surface area contributed by atoms with Gasteiger partial charge in [-0.1, -0.05) is 25.3 Å². The van der Waals surface area contributed by atoms with Crippen LogP contribution in [-0.2, 0) is 4.79 Å². The van der Waals surface area contributed by atoms with Crippen molar-refractivity contribution in [3.63, 3.8) is 0 Å². The lowest BCUT2D eigenvalue weighted by molar-refractivity contribution is -0.118. The quantitative estimate of drug-likeness (QED) is 0.788. The number of halogens is 2. The molecular formula is C19H31Cl2N3O. The van der Waals surface area contributed by atoms with E-state index in [0.29, 0.717) is 13.0 Å². The Morgan fingerprint density at radius 2 is 1.76 bits per heavy atom. The molecule has 6 heteroatoms. The zero-order valence-electron chi connectivity index (χ0n) is 14.8. The molecular weight excluding hydrogens is 357 g/mol. The molecule has 0 aromatic heterocycles. The molecule has 0 atom stereocenters. The Labute approximate surface area is 163 Å². The zero-order valence-corrected chi connectivity index (χ0v) is 16.5. The van der Waals surface area contributed by atoms with Crippen molar-refractivity contribution in [2.24, 2.45) is 11.1 Å². The maximum absolute atomic E-state index is 12.5. The standard InChI is InChI=1S/C19H29N3O.2ClH/c20-15-19(9-2-1-3-10-19)14-18(23)21-16-7-6-8-17(13-16)22-11-4-5-12-22;;/h6-8,13H,1-5,9-12,14-15,20H2,(H,21,23);2*1H. The van der Waals surface area contributed by atoms with Crippen LogP contribution in [0.3, 0.4) is 0 Å². The third-order valence-electron chi connectivity index (χ3n) is 5.48. The Kier molecular flexibility index (Phi) is 9.04. The second kappa shape index (κ2) is 10.2. The summed E-state index contributed by atoms with van der Waals surface area (Å²) in [6.45, 7) is 2.86. The van der Waals surface area contributed by atoms with Gasteiger partial charge in [-0.15, -0.1) is 24.8 Å². The lowest BCUT2D eigenvalue weighted by atomic mass is 9.71. The van der Waals surface area contributed by atoms with Crippen molar-refractivity contribution in [2.45, 2.75) is 51.4 Å². The van der Waals surface area contributed by atoms with Gasteiger partial charge in [0.25, 0.3) is 0 Å². The number of carbonyl (C=O) groups is 1. The molecule has 3 rings (SSSR count). The van der Waals surface area contributed by atoms with E-state index in [0.717, 1.165) is 31.6 Å². The van der Waals surface area contributed by atoms with E-state index < -0.39 is 0 Å². The number of nitrogens with one attached hydrogen (secondary N) is 1. The summed E-state index contributed by atoms with van der Waals surface area (Å²) in [6, 6.07) is 8.23. The maximum atomic E-state index is 12.5. The van der Waals surface area contributed by atoms with E-state index in [2.05, 4.69) is 22.3 Å². The predicted octanol–water partition coefficient (Wildman–Crippen LogP) is 4.37. The van der Waals surface area contributed by atoms with Crippen molar-refractivity contribution in [3.05, 3.63) is 24.3 Å². The van der Waals surface area contributed by atoms with Gasteiger partial charge in [-0.3, -0.25) is 4.79 Å². The summed E-state index contributed by atoms with van der Waals surface area (Å²) in [5.74, 6) is 0.107. The summed E-state index contributed by atoms with van der Waals surface area (Å²) in [7, 11) is 0. The molecule has 0 unspecified atom stereocenters. The average Bonchev–Trinajstić information content (AvgIpc) is 3.10. The molecule has 3 N–H and O–H groups in total. The minimum atomic E-state index is 0. The largest absolute Gasteiger partial charge is 0.371 e. The lowest BCUT2D eigenvalue weighted by Gasteiger charge is -2.35. The van der Waals surface area contributed by atoms with E-state index in [1.807, 2.05) is 12.1 Å². The fourth-order valence-corrected chi connectivity index (χ4v) is 4.06. The topological polar surface area (TPSA) is 58.4 Å². The number of nitrogens with two attached hydrogens (primary N) is 1. The maximum Gasteiger partial charge on any atom is 0.224 e. The fourth-order valence-electron chi connectivity index (χ4n) is 4.06. The Balaban J connectivity index is 0.00000156. The van der Waals surface area contributed by atoms with E-state index in [-0.39, 0.29) is 36.1 Å². The van der Waals surface area contributed by atoms with Gasteiger partial charge in [-0.25, -0.2) is 0 Å². The van der Waals surface area contributed by atoms with Crippen molar-refractivity contribution in [2.75, 3.05) is 29.9 Å². The summed E-state index contributed by atoms with van der Waals surface area (Å²) < 4.78 is 0. The van der Waals surface area contributed by atoms with Crippen LogP contribution < -0.4 is 16.0 Å². The van der Waals surface area contributed by atoms with Crippen LogP contribution in [0.4, 0.5) is 11.4 Å². The fraction of sp³-hybridized carbons (Fsp3) is 0.632. The number of rotatable bonds is 5. The van der Waals surface area contributed by atoms with E-state index in [9.17, 15) is 4.79 Å². The molecule has 1 amide bonds. The highest BCUT2D eigenvalue weighted by Crippen LogP contribution is 2.38. The van der Waals surface area contributed by atoms with Crippen LogP contribution in [0, 0.1) is 5.41 Å². The Bertz CT molecular complexity index is 541. The van der Waals surface area contributed by atoms with Crippen LogP contribution in [0.5, 0.6) is 0 Å². The van der Waals surface area contributed by atoms with Crippen LogP contribution in [0.2, 0.25) is 0 Å². The Morgan fingerprint density at radius 3 is 2.40 bits per heavy atom. The average molecular weight is 388 g/mol. The first-order valence-corrected chi connectivity index (χ1v) is 9.06. The number of hydrogen-bond donors (Lipinski definition) is 2. The highest BCUT2D eigenvalue weighted by atomic mass is 35.5. The Morgan fingerprint density at radius 1 is 1.08 bits per heavy atom. The number of amides is 1. The molecule has 1 saturated carbocycles. The molecule has 1 aromatic rings. The molecule has 25 heavy (non-hydrogen) atoms. The molecule has 2 fully saturated rings. The normalized spacial score (nSPS) is 18.8. The van der Waals surface area contributed by atoms with Gasteiger partial charge in [-0.05, 0) is 55.8 Å². The molecule has 0 radical (unpaired) electrons. The molecule has 1 aliphatic carbocycles. The smallest absolute Gasteiger partial charge is 0.224 e. The molecule has 1 aliphatic heterocycles. The van der Waals surface area contributed by atoms with Gasteiger partial charge in [0.1, 0.15) is 0 Å². The lowest BCUT2D eigenvalue weighted by Crippen LogP contribution is -2.36. The number of carbonyl (C=O) groups excluding carboxylic acids is 1. The van der Waals surface area contributed by atoms with Crippen LogP contribution in [0.1, 0.15) is 51.4 Å².